The fourth-order valence-electron chi connectivity index (χ4n) is 1.62. The van der Waals surface area contributed by atoms with Crippen molar-refractivity contribution in [2.45, 2.75) is 19.6 Å². The molecule has 0 aliphatic carbocycles. The van der Waals surface area contributed by atoms with E-state index in [-0.39, 0.29) is 0 Å². The fourth-order valence-corrected chi connectivity index (χ4v) is 2.30. The highest BCUT2D eigenvalue weighted by molar-refractivity contribution is 7.98. The second kappa shape index (κ2) is 7.04. The second-order valence-electron chi connectivity index (χ2n) is 4.39. The molecule has 0 fully saturated rings. The zero-order valence-corrected chi connectivity index (χ0v) is 11.4. The molecule has 1 nitrogen and oxygen atoms in total. The van der Waals surface area contributed by atoms with Crippen LogP contribution in [0.25, 0.3) is 0 Å². The molecule has 0 amide bonds. The Bertz CT molecular complexity index is 348. The molecule has 0 aliphatic heterocycles. The number of hydrogen-bond acceptors (Lipinski definition) is 2. The van der Waals surface area contributed by atoms with Gasteiger partial charge in [-0.1, -0.05) is 19.1 Å². The summed E-state index contributed by atoms with van der Waals surface area (Å²) in [6.45, 7) is 3.63. The van der Waals surface area contributed by atoms with E-state index in [0.29, 0.717) is 12.5 Å². The standard InChI is InChI=1S/C13H18F3NS/c1-10(9-18-2)7-17-8-11-3-5-12(6-4-11)13(14,15)16/h3-6,10,17H,7-9H2,1-2H3. The molecule has 1 rings (SSSR count). The van der Waals surface area contributed by atoms with Gasteiger partial charge in [-0.25, -0.2) is 0 Å². The van der Waals surface area contributed by atoms with Crippen LogP contribution in [0.3, 0.4) is 0 Å². The molecule has 0 spiro atoms. The highest BCUT2D eigenvalue weighted by atomic mass is 32.2. The van der Waals surface area contributed by atoms with Crippen LogP contribution in [0.2, 0.25) is 0 Å². The monoisotopic (exact) mass is 277 g/mol. The maximum atomic E-state index is 12.3. The Balaban J connectivity index is 2.40. The molecule has 0 aromatic heterocycles. The van der Waals surface area contributed by atoms with E-state index in [1.165, 1.54) is 12.1 Å². The molecule has 0 bridgehead atoms. The number of halogens is 3. The van der Waals surface area contributed by atoms with Gasteiger partial charge < -0.3 is 5.32 Å². The lowest BCUT2D eigenvalue weighted by atomic mass is 10.1. The molecular formula is C13H18F3NS. The van der Waals surface area contributed by atoms with Crippen molar-refractivity contribution < 1.29 is 13.2 Å². The number of alkyl halides is 3. The van der Waals surface area contributed by atoms with Crippen LogP contribution in [0.15, 0.2) is 24.3 Å². The molecule has 0 radical (unpaired) electrons. The predicted molar refractivity (Wildman–Crippen MR) is 70.7 cm³/mol. The fraction of sp³-hybridized carbons (Fsp3) is 0.538. The summed E-state index contributed by atoms with van der Waals surface area (Å²) in [5.74, 6) is 1.65. The van der Waals surface area contributed by atoms with Crippen molar-refractivity contribution in [3.63, 3.8) is 0 Å². The largest absolute Gasteiger partial charge is 0.416 e. The molecule has 1 atom stereocenters. The zero-order valence-electron chi connectivity index (χ0n) is 10.6. The maximum Gasteiger partial charge on any atom is 0.416 e. The van der Waals surface area contributed by atoms with Crippen LogP contribution in [0.1, 0.15) is 18.1 Å². The van der Waals surface area contributed by atoms with Gasteiger partial charge in [-0.15, -0.1) is 0 Å². The minimum Gasteiger partial charge on any atom is -0.312 e. The van der Waals surface area contributed by atoms with E-state index in [0.717, 1.165) is 30.0 Å². The van der Waals surface area contributed by atoms with Crippen LogP contribution in [-0.4, -0.2) is 18.6 Å². The number of nitrogens with one attached hydrogen (secondary N) is 1. The van der Waals surface area contributed by atoms with Crippen molar-refractivity contribution in [1.82, 2.24) is 5.32 Å². The summed E-state index contributed by atoms with van der Waals surface area (Å²) in [4.78, 5) is 0. The lowest BCUT2D eigenvalue weighted by Crippen LogP contribution is -2.22. The molecule has 1 aromatic carbocycles. The van der Waals surface area contributed by atoms with Crippen LogP contribution in [-0.2, 0) is 12.7 Å². The first-order valence-electron chi connectivity index (χ1n) is 5.79. The van der Waals surface area contributed by atoms with Crippen molar-refractivity contribution in [3.05, 3.63) is 35.4 Å². The lowest BCUT2D eigenvalue weighted by Gasteiger charge is -2.12. The van der Waals surface area contributed by atoms with Gasteiger partial charge in [0.2, 0.25) is 0 Å². The lowest BCUT2D eigenvalue weighted by molar-refractivity contribution is -0.137. The van der Waals surface area contributed by atoms with Crippen molar-refractivity contribution in [3.8, 4) is 0 Å². The quantitative estimate of drug-likeness (QED) is 0.849. The molecule has 0 saturated heterocycles. The van der Waals surface area contributed by atoms with Gasteiger partial charge >= 0.3 is 6.18 Å². The number of thioether (sulfide) groups is 1. The molecule has 102 valence electrons. The van der Waals surface area contributed by atoms with Gasteiger partial charge in [0.25, 0.3) is 0 Å². The van der Waals surface area contributed by atoms with Gasteiger partial charge in [-0.3, -0.25) is 0 Å². The van der Waals surface area contributed by atoms with Crippen LogP contribution >= 0.6 is 11.8 Å². The van der Waals surface area contributed by atoms with E-state index in [9.17, 15) is 13.2 Å². The predicted octanol–water partition coefficient (Wildman–Crippen LogP) is 3.79. The Morgan fingerprint density at radius 3 is 2.33 bits per heavy atom. The Hall–Kier alpha value is -0.680. The van der Waals surface area contributed by atoms with Gasteiger partial charge in [0.1, 0.15) is 0 Å². The molecule has 5 heteroatoms. The highest BCUT2D eigenvalue weighted by Crippen LogP contribution is 2.28. The third-order valence-electron chi connectivity index (χ3n) is 2.55. The average molecular weight is 277 g/mol. The maximum absolute atomic E-state index is 12.3. The van der Waals surface area contributed by atoms with Crippen molar-refractivity contribution in [1.29, 1.82) is 0 Å². The van der Waals surface area contributed by atoms with Crippen LogP contribution in [0, 0.1) is 5.92 Å². The topological polar surface area (TPSA) is 12.0 Å². The molecule has 0 aliphatic rings. The zero-order chi connectivity index (χ0) is 13.6. The summed E-state index contributed by atoms with van der Waals surface area (Å²) in [5.41, 5.74) is 0.279. The molecule has 1 unspecified atom stereocenters. The molecule has 0 heterocycles. The van der Waals surface area contributed by atoms with Gasteiger partial charge in [0.05, 0.1) is 5.56 Å². The molecule has 0 saturated carbocycles. The Morgan fingerprint density at radius 2 is 1.83 bits per heavy atom. The number of rotatable bonds is 6. The van der Waals surface area contributed by atoms with E-state index in [4.69, 9.17) is 0 Å². The molecule has 18 heavy (non-hydrogen) atoms. The summed E-state index contributed by atoms with van der Waals surface area (Å²) in [5, 5.41) is 3.25. The number of hydrogen-bond donors (Lipinski definition) is 1. The minimum atomic E-state index is -4.25. The number of benzene rings is 1. The Morgan fingerprint density at radius 1 is 1.22 bits per heavy atom. The van der Waals surface area contributed by atoms with Crippen molar-refractivity contribution in [2.24, 2.45) is 5.92 Å². The summed E-state index contributed by atoms with van der Waals surface area (Å²) in [7, 11) is 0. The summed E-state index contributed by atoms with van der Waals surface area (Å²) < 4.78 is 37.0. The first-order valence-corrected chi connectivity index (χ1v) is 7.18. The van der Waals surface area contributed by atoms with E-state index in [1.54, 1.807) is 11.8 Å². The van der Waals surface area contributed by atoms with Crippen molar-refractivity contribution >= 4 is 11.8 Å². The minimum absolute atomic E-state index is 0.564. The van der Waals surface area contributed by atoms with Crippen LogP contribution in [0.5, 0.6) is 0 Å². The van der Waals surface area contributed by atoms with Crippen molar-refractivity contribution in [2.75, 3.05) is 18.6 Å². The van der Waals surface area contributed by atoms with Gasteiger partial charge in [-0.05, 0) is 42.2 Å². The average Bonchev–Trinajstić information content (AvgIpc) is 2.29. The first kappa shape index (κ1) is 15.4. The second-order valence-corrected chi connectivity index (χ2v) is 5.30. The van der Waals surface area contributed by atoms with Crippen LogP contribution in [0.4, 0.5) is 13.2 Å². The molecular weight excluding hydrogens is 259 g/mol. The smallest absolute Gasteiger partial charge is 0.312 e. The summed E-state index contributed by atoms with van der Waals surface area (Å²) in [6, 6.07) is 5.30. The van der Waals surface area contributed by atoms with E-state index in [1.807, 2.05) is 0 Å². The molecule has 1 aromatic rings. The van der Waals surface area contributed by atoms with Gasteiger partial charge in [-0.2, -0.15) is 24.9 Å². The molecule has 1 N–H and O–H groups in total. The summed E-state index contributed by atoms with van der Waals surface area (Å²) in [6.07, 6.45) is -2.19. The van der Waals surface area contributed by atoms with E-state index >= 15 is 0 Å². The summed E-state index contributed by atoms with van der Waals surface area (Å²) >= 11 is 1.80. The Kier molecular flexibility index (Phi) is 6.02. The third-order valence-corrected chi connectivity index (χ3v) is 3.46. The highest BCUT2D eigenvalue weighted by Gasteiger charge is 2.29. The SMILES string of the molecule is CSCC(C)CNCc1ccc(C(F)(F)F)cc1. The van der Waals surface area contributed by atoms with Gasteiger partial charge in [0.15, 0.2) is 0 Å². The third kappa shape index (κ3) is 5.31. The Labute approximate surface area is 110 Å². The first-order chi connectivity index (χ1) is 8.43. The van der Waals surface area contributed by atoms with Crippen LogP contribution < -0.4 is 5.32 Å². The van der Waals surface area contributed by atoms with E-state index < -0.39 is 11.7 Å². The normalized spacial score (nSPS) is 13.6. The van der Waals surface area contributed by atoms with E-state index in [2.05, 4.69) is 18.5 Å². The van der Waals surface area contributed by atoms with Gasteiger partial charge in [0, 0.05) is 6.54 Å².